The number of pyridine rings is 1. The van der Waals surface area contributed by atoms with Crippen molar-refractivity contribution in [3.63, 3.8) is 0 Å². The highest BCUT2D eigenvalue weighted by atomic mass is 32.2. The molecule has 1 aliphatic heterocycles. The number of hydrogen-bond donors (Lipinski definition) is 1. The molecular weight excluding hydrogens is 441 g/mol. The van der Waals surface area contributed by atoms with Crippen LogP contribution < -0.4 is 9.62 Å². The van der Waals surface area contributed by atoms with Crippen molar-refractivity contribution in [2.45, 2.75) is 23.7 Å². The topological polar surface area (TPSA) is 88.1 Å². The Morgan fingerprint density at radius 2 is 1.94 bits per heavy atom. The SMILES string of the molecule is O=S(=O)(Nc1ccncn1)c1ccc2c(N3CCCC(c4cccc(F)c4)C3)nccc2c1. The van der Waals surface area contributed by atoms with Crippen molar-refractivity contribution >= 4 is 32.4 Å². The molecule has 2 aromatic heterocycles. The third kappa shape index (κ3) is 4.49. The van der Waals surface area contributed by atoms with Crippen LogP contribution in [0, 0.1) is 5.82 Å². The van der Waals surface area contributed by atoms with Gasteiger partial charge in [-0.1, -0.05) is 12.1 Å². The van der Waals surface area contributed by atoms with Gasteiger partial charge in [0, 0.05) is 36.8 Å². The Kier molecular flexibility index (Phi) is 5.63. The lowest BCUT2D eigenvalue weighted by molar-refractivity contribution is 0.505. The molecule has 0 bridgehead atoms. The smallest absolute Gasteiger partial charge is 0.263 e. The van der Waals surface area contributed by atoms with Gasteiger partial charge in [-0.2, -0.15) is 0 Å². The molecule has 168 valence electrons. The Labute approximate surface area is 191 Å². The highest BCUT2D eigenvalue weighted by Crippen LogP contribution is 2.33. The lowest BCUT2D eigenvalue weighted by Crippen LogP contribution is -2.35. The van der Waals surface area contributed by atoms with E-state index in [4.69, 9.17) is 0 Å². The minimum absolute atomic E-state index is 0.141. The Bertz CT molecular complexity index is 1400. The lowest BCUT2D eigenvalue weighted by atomic mass is 9.90. The van der Waals surface area contributed by atoms with Gasteiger partial charge in [0.1, 0.15) is 23.8 Å². The molecule has 7 nitrogen and oxygen atoms in total. The zero-order chi connectivity index (χ0) is 22.8. The lowest BCUT2D eigenvalue weighted by Gasteiger charge is -2.34. The van der Waals surface area contributed by atoms with E-state index in [2.05, 4.69) is 24.6 Å². The number of nitrogens with one attached hydrogen (secondary N) is 1. The summed E-state index contributed by atoms with van der Waals surface area (Å²) in [6.07, 6.45) is 6.40. The summed E-state index contributed by atoms with van der Waals surface area (Å²) < 4.78 is 41.9. The number of fused-ring (bicyclic) bond motifs is 1. The highest BCUT2D eigenvalue weighted by molar-refractivity contribution is 7.92. The summed E-state index contributed by atoms with van der Waals surface area (Å²) in [5.41, 5.74) is 0.990. The molecular formula is C24H22FN5O2S. The molecule has 0 amide bonds. The van der Waals surface area contributed by atoms with Crippen molar-refractivity contribution in [3.8, 4) is 0 Å². The number of aromatic nitrogens is 3. The summed E-state index contributed by atoms with van der Waals surface area (Å²) in [6, 6.07) is 15.1. The van der Waals surface area contributed by atoms with Gasteiger partial charge in [-0.3, -0.25) is 4.72 Å². The molecule has 1 fully saturated rings. The largest absolute Gasteiger partial charge is 0.355 e. The number of piperidine rings is 1. The molecule has 0 spiro atoms. The third-order valence-corrected chi connectivity index (χ3v) is 7.24. The van der Waals surface area contributed by atoms with E-state index in [-0.39, 0.29) is 22.4 Å². The third-order valence-electron chi connectivity index (χ3n) is 5.89. The van der Waals surface area contributed by atoms with Crippen LogP contribution in [0.2, 0.25) is 0 Å². The van der Waals surface area contributed by atoms with Gasteiger partial charge in [0.05, 0.1) is 4.90 Å². The molecule has 1 unspecified atom stereocenters. The van der Waals surface area contributed by atoms with Crippen molar-refractivity contribution < 1.29 is 12.8 Å². The first kappa shape index (κ1) is 21.3. The molecule has 0 aliphatic carbocycles. The number of hydrogen-bond acceptors (Lipinski definition) is 6. The van der Waals surface area contributed by atoms with E-state index >= 15 is 0 Å². The number of benzene rings is 2. The number of sulfonamides is 1. The molecule has 33 heavy (non-hydrogen) atoms. The fourth-order valence-electron chi connectivity index (χ4n) is 4.31. The van der Waals surface area contributed by atoms with E-state index in [1.54, 1.807) is 42.6 Å². The van der Waals surface area contributed by atoms with E-state index in [9.17, 15) is 12.8 Å². The predicted octanol–water partition coefficient (Wildman–Crippen LogP) is 4.35. The fourth-order valence-corrected chi connectivity index (χ4v) is 5.35. The average Bonchev–Trinajstić information content (AvgIpc) is 2.84. The monoisotopic (exact) mass is 463 g/mol. The van der Waals surface area contributed by atoms with Crippen LogP contribution in [0.4, 0.5) is 16.0 Å². The van der Waals surface area contributed by atoms with E-state index in [0.29, 0.717) is 0 Å². The minimum atomic E-state index is -3.80. The summed E-state index contributed by atoms with van der Waals surface area (Å²) in [7, 11) is -3.80. The van der Waals surface area contributed by atoms with Gasteiger partial charge in [-0.15, -0.1) is 0 Å². The first-order chi connectivity index (χ1) is 16.0. The van der Waals surface area contributed by atoms with Crippen molar-refractivity contribution in [2.75, 3.05) is 22.7 Å². The van der Waals surface area contributed by atoms with Crippen molar-refractivity contribution in [1.82, 2.24) is 15.0 Å². The molecule has 5 rings (SSSR count). The maximum atomic E-state index is 13.7. The van der Waals surface area contributed by atoms with Crippen LogP contribution in [0.25, 0.3) is 10.8 Å². The van der Waals surface area contributed by atoms with Gasteiger partial charge in [-0.05, 0) is 66.3 Å². The van der Waals surface area contributed by atoms with Crippen LogP contribution in [0.15, 0.2) is 78.2 Å². The number of anilines is 2. The summed E-state index contributed by atoms with van der Waals surface area (Å²) in [4.78, 5) is 14.7. The summed E-state index contributed by atoms with van der Waals surface area (Å²) >= 11 is 0. The second-order valence-corrected chi connectivity index (χ2v) is 9.74. The van der Waals surface area contributed by atoms with Gasteiger partial charge in [0.25, 0.3) is 10.0 Å². The van der Waals surface area contributed by atoms with E-state index in [1.807, 2.05) is 6.07 Å². The fraction of sp³-hybridized carbons (Fsp3) is 0.208. The Morgan fingerprint density at radius 3 is 2.76 bits per heavy atom. The maximum absolute atomic E-state index is 13.7. The Hall–Kier alpha value is -3.59. The van der Waals surface area contributed by atoms with Gasteiger partial charge in [0.2, 0.25) is 0 Å². The van der Waals surface area contributed by atoms with Crippen molar-refractivity contribution in [3.05, 3.63) is 84.7 Å². The van der Waals surface area contributed by atoms with Crippen LogP contribution in [-0.4, -0.2) is 36.5 Å². The standard InChI is InChI=1S/C24H22FN5O2S/c25-20-5-1-3-17(13-20)19-4-2-12-30(15-19)24-22-7-6-21(14-18(22)8-11-27-24)33(31,32)29-23-9-10-26-16-28-23/h1,3,5-11,13-14,16,19H,2,4,12,15H2,(H,26,28,29). The van der Waals surface area contributed by atoms with Crippen LogP contribution in [-0.2, 0) is 10.0 Å². The van der Waals surface area contributed by atoms with E-state index in [0.717, 1.165) is 48.1 Å². The Balaban J connectivity index is 1.44. The number of halogens is 1. The molecule has 0 radical (unpaired) electrons. The van der Waals surface area contributed by atoms with Crippen LogP contribution in [0.3, 0.4) is 0 Å². The molecule has 1 saturated heterocycles. The minimum Gasteiger partial charge on any atom is -0.355 e. The zero-order valence-corrected chi connectivity index (χ0v) is 18.5. The zero-order valence-electron chi connectivity index (χ0n) is 17.7. The van der Waals surface area contributed by atoms with Crippen molar-refractivity contribution in [1.29, 1.82) is 0 Å². The molecule has 4 aromatic rings. The highest BCUT2D eigenvalue weighted by Gasteiger charge is 2.24. The Morgan fingerprint density at radius 1 is 1.03 bits per heavy atom. The molecule has 2 aromatic carbocycles. The van der Waals surface area contributed by atoms with Crippen LogP contribution in [0.5, 0.6) is 0 Å². The van der Waals surface area contributed by atoms with E-state index < -0.39 is 10.0 Å². The number of rotatable bonds is 5. The molecule has 1 atom stereocenters. The second kappa shape index (κ2) is 8.74. The van der Waals surface area contributed by atoms with Crippen LogP contribution >= 0.6 is 0 Å². The first-order valence-corrected chi connectivity index (χ1v) is 12.2. The van der Waals surface area contributed by atoms with Gasteiger partial charge < -0.3 is 4.90 Å². The molecule has 3 heterocycles. The van der Waals surface area contributed by atoms with Gasteiger partial charge in [-0.25, -0.2) is 27.8 Å². The summed E-state index contributed by atoms with van der Waals surface area (Å²) in [5, 5.41) is 1.65. The first-order valence-electron chi connectivity index (χ1n) is 10.7. The summed E-state index contributed by atoms with van der Waals surface area (Å²) in [5.74, 6) is 0.999. The number of nitrogens with zero attached hydrogens (tertiary/aromatic N) is 4. The predicted molar refractivity (Wildman–Crippen MR) is 125 cm³/mol. The second-order valence-electron chi connectivity index (χ2n) is 8.06. The molecule has 1 aliphatic rings. The van der Waals surface area contributed by atoms with Gasteiger partial charge in [0.15, 0.2) is 0 Å². The normalized spacial score (nSPS) is 16.6. The molecule has 9 heteroatoms. The van der Waals surface area contributed by atoms with E-state index in [1.165, 1.54) is 24.7 Å². The molecule has 1 N–H and O–H groups in total. The van der Waals surface area contributed by atoms with Crippen molar-refractivity contribution in [2.24, 2.45) is 0 Å². The summed E-state index contributed by atoms with van der Waals surface area (Å²) in [6.45, 7) is 1.57. The maximum Gasteiger partial charge on any atom is 0.263 e. The van der Waals surface area contributed by atoms with Gasteiger partial charge >= 0.3 is 0 Å². The quantitative estimate of drug-likeness (QED) is 0.474. The van der Waals surface area contributed by atoms with Crippen LogP contribution in [0.1, 0.15) is 24.3 Å². The average molecular weight is 464 g/mol. The molecule has 0 saturated carbocycles.